The number of carbonyl (C=O) groups is 2. The highest BCUT2D eigenvalue weighted by atomic mass is 16.2. The Morgan fingerprint density at radius 1 is 1.38 bits per heavy atom. The Kier molecular flexibility index (Phi) is 5.56. The van der Waals surface area contributed by atoms with E-state index < -0.39 is 6.04 Å². The topological polar surface area (TPSA) is 79.3 Å². The third-order valence-electron chi connectivity index (χ3n) is 4.90. The molecule has 1 fully saturated rings. The zero-order chi connectivity index (χ0) is 18.7. The fourth-order valence-electron chi connectivity index (χ4n) is 3.56. The van der Waals surface area contributed by atoms with Crippen molar-refractivity contribution < 1.29 is 9.59 Å². The number of benzene rings is 1. The highest BCUT2D eigenvalue weighted by molar-refractivity contribution is 5.89. The molecule has 1 aliphatic rings. The zero-order valence-electron chi connectivity index (χ0n) is 15.7. The zero-order valence-corrected chi connectivity index (χ0v) is 15.7. The SMILES string of the molecule is CCn1nc(CNC(=O)C[C@@H]2C(=O)NCCN2C(C)C)c2ccccc21. The fraction of sp³-hybridized carbons (Fsp3) is 0.526. The quantitative estimate of drug-likeness (QED) is 0.816. The van der Waals surface area contributed by atoms with Gasteiger partial charge in [0.1, 0.15) is 0 Å². The number of piperazine rings is 1. The molecule has 2 amide bonds. The van der Waals surface area contributed by atoms with Gasteiger partial charge in [-0.3, -0.25) is 19.2 Å². The van der Waals surface area contributed by atoms with E-state index in [1.165, 1.54) is 0 Å². The molecule has 140 valence electrons. The smallest absolute Gasteiger partial charge is 0.237 e. The Balaban J connectivity index is 1.66. The van der Waals surface area contributed by atoms with Crippen LogP contribution >= 0.6 is 0 Å². The number of hydrogen-bond acceptors (Lipinski definition) is 4. The number of para-hydroxylation sites is 1. The van der Waals surface area contributed by atoms with E-state index in [2.05, 4.69) is 20.6 Å². The Hall–Kier alpha value is -2.41. The lowest BCUT2D eigenvalue weighted by atomic mass is 10.1. The summed E-state index contributed by atoms with van der Waals surface area (Å²) >= 11 is 0. The number of nitrogens with one attached hydrogen (secondary N) is 2. The van der Waals surface area contributed by atoms with Crippen LogP contribution in [0.2, 0.25) is 0 Å². The normalized spacial score (nSPS) is 18.3. The Morgan fingerprint density at radius 3 is 2.88 bits per heavy atom. The second-order valence-corrected chi connectivity index (χ2v) is 6.90. The average molecular weight is 357 g/mol. The largest absolute Gasteiger partial charge is 0.353 e. The molecule has 0 spiro atoms. The standard InChI is InChI=1S/C19H27N5O2/c1-4-24-16-8-6-5-7-14(16)15(22-24)12-21-18(25)11-17-19(26)20-9-10-23(17)13(2)3/h5-8,13,17H,4,9-12H2,1-3H3,(H,20,26)(H,21,25)/t17-/m1/s1. The maximum atomic E-state index is 12.5. The van der Waals surface area contributed by atoms with E-state index in [4.69, 9.17) is 0 Å². The van der Waals surface area contributed by atoms with Crippen LogP contribution in [-0.4, -0.2) is 51.7 Å². The second-order valence-electron chi connectivity index (χ2n) is 6.90. The fourth-order valence-corrected chi connectivity index (χ4v) is 3.56. The molecule has 0 saturated carbocycles. The van der Waals surface area contributed by atoms with Gasteiger partial charge in [-0.25, -0.2) is 0 Å². The van der Waals surface area contributed by atoms with Gasteiger partial charge in [0.05, 0.1) is 30.2 Å². The molecular formula is C19H27N5O2. The summed E-state index contributed by atoms with van der Waals surface area (Å²) in [6.45, 7) is 8.69. The molecule has 0 bridgehead atoms. The summed E-state index contributed by atoms with van der Waals surface area (Å²) in [7, 11) is 0. The second kappa shape index (κ2) is 7.86. The van der Waals surface area contributed by atoms with E-state index in [0.29, 0.717) is 13.1 Å². The van der Waals surface area contributed by atoms with Crippen LogP contribution in [0, 0.1) is 0 Å². The van der Waals surface area contributed by atoms with Crippen LogP contribution in [0.5, 0.6) is 0 Å². The van der Waals surface area contributed by atoms with E-state index in [1.807, 2.05) is 49.7 Å². The van der Waals surface area contributed by atoms with E-state index in [-0.39, 0.29) is 24.3 Å². The molecule has 1 atom stereocenters. The summed E-state index contributed by atoms with van der Waals surface area (Å²) in [5, 5.41) is 11.4. The predicted octanol–water partition coefficient (Wildman–Crippen LogP) is 1.27. The first-order valence-electron chi connectivity index (χ1n) is 9.25. The van der Waals surface area contributed by atoms with E-state index in [0.717, 1.165) is 29.7 Å². The van der Waals surface area contributed by atoms with Gasteiger partial charge in [0.15, 0.2) is 0 Å². The van der Waals surface area contributed by atoms with Gasteiger partial charge in [-0.05, 0) is 26.8 Å². The molecule has 0 aliphatic carbocycles. The van der Waals surface area contributed by atoms with Crippen molar-refractivity contribution in [2.45, 2.75) is 52.4 Å². The third kappa shape index (κ3) is 3.72. The number of amides is 2. The van der Waals surface area contributed by atoms with Crippen LogP contribution in [-0.2, 0) is 22.7 Å². The first-order chi connectivity index (χ1) is 12.5. The van der Waals surface area contributed by atoms with Crippen molar-refractivity contribution in [2.24, 2.45) is 0 Å². The highest BCUT2D eigenvalue weighted by Crippen LogP contribution is 2.18. The Labute approximate surface area is 153 Å². The Bertz CT molecular complexity index is 798. The lowest BCUT2D eigenvalue weighted by molar-refractivity contribution is -0.134. The van der Waals surface area contributed by atoms with Crippen molar-refractivity contribution in [1.82, 2.24) is 25.3 Å². The van der Waals surface area contributed by atoms with Crippen molar-refractivity contribution in [1.29, 1.82) is 0 Å². The summed E-state index contributed by atoms with van der Waals surface area (Å²) < 4.78 is 1.94. The van der Waals surface area contributed by atoms with Crippen LogP contribution in [0.4, 0.5) is 0 Å². The van der Waals surface area contributed by atoms with E-state index in [1.54, 1.807) is 0 Å². The summed E-state index contributed by atoms with van der Waals surface area (Å²) in [4.78, 5) is 26.7. The predicted molar refractivity (Wildman–Crippen MR) is 101 cm³/mol. The lowest BCUT2D eigenvalue weighted by Crippen LogP contribution is -2.58. The third-order valence-corrected chi connectivity index (χ3v) is 4.90. The van der Waals surface area contributed by atoms with Crippen molar-refractivity contribution in [3.63, 3.8) is 0 Å². The molecule has 1 aromatic carbocycles. The lowest BCUT2D eigenvalue weighted by Gasteiger charge is -2.37. The van der Waals surface area contributed by atoms with Gasteiger partial charge in [-0.1, -0.05) is 18.2 Å². The maximum absolute atomic E-state index is 12.5. The van der Waals surface area contributed by atoms with Gasteiger partial charge in [0, 0.05) is 31.1 Å². The van der Waals surface area contributed by atoms with Gasteiger partial charge in [-0.15, -0.1) is 0 Å². The van der Waals surface area contributed by atoms with Crippen LogP contribution in [0.3, 0.4) is 0 Å². The molecule has 1 aliphatic heterocycles. The minimum Gasteiger partial charge on any atom is -0.353 e. The monoisotopic (exact) mass is 357 g/mol. The number of hydrogen-bond donors (Lipinski definition) is 2. The summed E-state index contributed by atoms with van der Waals surface area (Å²) in [6.07, 6.45) is 0.163. The van der Waals surface area contributed by atoms with Gasteiger partial charge in [0.25, 0.3) is 0 Å². The number of carbonyl (C=O) groups excluding carboxylic acids is 2. The first kappa shape index (κ1) is 18.4. The number of fused-ring (bicyclic) bond motifs is 1. The average Bonchev–Trinajstić information content (AvgIpc) is 2.99. The summed E-state index contributed by atoms with van der Waals surface area (Å²) in [5.41, 5.74) is 1.92. The number of nitrogens with zero attached hydrogens (tertiary/aromatic N) is 3. The molecule has 7 heteroatoms. The van der Waals surface area contributed by atoms with Crippen LogP contribution in [0.1, 0.15) is 32.9 Å². The molecule has 2 aromatic rings. The van der Waals surface area contributed by atoms with Gasteiger partial charge in [0.2, 0.25) is 11.8 Å². The molecule has 1 saturated heterocycles. The van der Waals surface area contributed by atoms with E-state index in [9.17, 15) is 9.59 Å². The van der Waals surface area contributed by atoms with Crippen LogP contribution in [0.15, 0.2) is 24.3 Å². The minimum absolute atomic E-state index is 0.0687. The molecule has 1 aromatic heterocycles. The van der Waals surface area contributed by atoms with Crippen LogP contribution in [0.25, 0.3) is 10.9 Å². The number of aromatic nitrogens is 2. The van der Waals surface area contributed by atoms with Crippen LogP contribution < -0.4 is 10.6 Å². The Morgan fingerprint density at radius 2 is 2.15 bits per heavy atom. The highest BCUT2D eigenvalue weighted by Gasteiger charge is 2.32. The van der Waals surface area contributed by atoms with Crippen molar-refractivity contribution in [3.05, 3.63) is 30.0 Å². The molecular weight excluding hydrogens is 330 g/mol. The number of aryl methyl sites for hydroxylation is 1. The summed E-state index contributed by atoms with van der Waals surface area (Å²) in [5.74, 6) is -0.200. The maximum Gasteiger partial charge on any atom is 0.237 e. The molecule has 26 heavy (non-hydrogen) atoms. The van der Waals surface area contributed by atoms with Crippen molar-refractivity contribution in [3.8, 4) is 0 Å². The first-order valence-corrected chi connectivity index (χ1v) is 9.25. The molecule has 2 N–H and O–H groups in total. The number of rotatable bonds is 6. The molecule has 3 rings (SSSR count). The van der Waals surface area contributed by atoms with Crippen molar-refractivity contribution in [2.75, 3.05) is 13.1 Å². The molecule has 0 radical (unpaired) electrons. The molecule has 2 heterocycles. The molecule has 0 unspecified atom stereocenters. The van der Waals surface area contributed by atoms with E-state index >= 15 is 0 Å². The van der Waals surface area contributed by atoms with Gasteiger partial charge < -0.3 is 10.6 Å². The van der Waals surface area contributed by atoms with Gasteiger partial charge in [-0.2, -0.15) is 5.10 Å². The summed E-state index contributed by atoms with van der Waals surface area (Å²) in [6, 6.07) is 7.83. The molecule has 7 nitrogen and oxygen atoms in total. The minimum atomic E-state index is -0.409. The van der Waals surface area contributed by atoms with Crippen molar-refractivity contribution >= 4 is 22.7 Å². The van der Waals surface area contributed by atoms with Gasteiger partial charge >= 0.3 is 0 Å².